The van der Waals surface area contributed by atoms with Crippen molar-refractivity contribution in [1.29, 1.82) is 0 Å². The normalized spacial score (nSPS) is 17.1. The second-order valence-corrected chi connectivity index (χ2v) is 6.67. The molecule has 0 bridgehead atoms. The summed E-state index contributed by atoms with van der Waals surface area (Å²) in [5.41, 5.74) is 0.767. The number of unbranched alkanes of at least 4 members (excludes halogenated alkanes) is 1. The first-order valence-corrected chi connectivity index (χ1v) is 8.59. The summed E-state index contributed by atoms with van der Waals surface area (Å²) >= 11 is 3.41. The van der Waals surface area contributed by atoms with E-state index in [1.807, 2.05) is 0 Å². The van der Waals surface area contributed by atoms with Crippen molar-refractivity contribution in [2.75, 3.05) is 32.0 Å². The fraction of sp³-hybridized carbons (Fsp3) is 0.733. The van der Waals surface area contributed by atoms with Crippen LogP contribution in [0.5, 0.6) is 0 Å². The van der Waals surface area contributed by atoms with Gasteiger partial charge in [0.2, 0.25) is 0 Å². The van der Waals surface area contributed by atoms with Gasteiger partial charge in [-0.2, -0.15) is 5.10 Å². The zero-order valence-corrected chi connectivity index (χ0v) is 14.5. The molecule has 2 rings (SSSR count). The number of piperidine rings is 1. The molecule has 0 spiro atoms. The van der Waals surface area contributed by atoms with Crippen molar-refractivity contribution in [3.8, 4) is 0 Å². The molecule has 0 unspecified atom stereocenters. The average molecular weight is 357 g/mol. The molecular formula is C15H25BrN4O. The molecule has 0 saturated carbocycles. The van der Waals surface area contributed by atoms with Crippen LogP contribution in [0, 0.1) is 5.92 Å². The highest BCUT2D eigenvalue weighted by atomic mass is 79.9. The first kappa shape index (κ1) is 16.5. The topological polar surface area (TPSA) is 50.2 Å². The average Bonchev–Trinajstić information content (AvgIpc) is 2.49. The Bertz CT molecular complexity index is 509. The van der Waals surface area contributed by atoms with Crippen LogP contribution in [-0.4, -0.2) is 41.4 Å². The molecule has 0 aliphatic carbocycles. The fourth-order valence-electron chi connectivity index (χ4n) is 2.58. The van der Waals surface area contributed by atoms with Gasteiger partial charge in [-0.05, 0) is 61.2 Å². The van der Waals surface area contributed by atoms with Crippen molar-refractivity contribution >= 4 is 21.6 Å². The van der Waals surface area contributed by atoms with E-state index in [9.17, 15) is 4.79 Å². The number of hydrogen-bond acceptors (Lipinski definition) is 4. The van der Waals surface area contributed by atoms with E-state index in [1.54, 1.807) is 6.20 Å². The summed E-state index contributed by atoms with van der Waals surface area (Å²) in [6.45, 7) is 6.02. The first-order valence-electron chi connectivity index (χ1n) is 7.79. The summed E-state index contributed by atoms with van der Waals surface area (Å²) in [5, 5.41) is 7.64. The summed E-state index contributed by atoms with van der Waals surface area (Å²) in [4.78, 5) is 14.6. The minimum absolute atomic E-state index is 0.0446. The van der Waals surface area contributed by atoms with Crippen LogP contribution in [0.4, 0.5) is 5.69 Å². The van der Waals surface area contributed by atoms with Gasteiger partial charge in [0.25, 0.3) is 5.56 Å². The van der Waals surface area contributed by atoms with Gasteiger partial charge in [-0.15, -0.1) is 0 Å². The second kappa shape index (κ2) is 7.94. The molecule has 1 N–H and O–H groups in total. The number of rotatable bonds is 6. The van der Waals surface area contributed by atoms with Gasteiger partial charge in [0.05, 0.1) is 11.9 Å². The number of aryl methyl sites for hydroxylation is 1. The first-order chi connectivity index (χ1) is 10.1. The molecule has 0 atom stereocenters. The molecule has 1 aliphatic heterocycles. The number of nitrogens with one attached hydrogen (secondary N) is 1. The monoisotopic (exact) mass is 356 g/mol. The van der Waals surface area contributed by atoms with Crippen molar-refractivity contribution < 1.29 is 0 Å². The summed E-state index contributed by atoms with van der Waals surface area (Å²) < 4.78 is 2.13. The maximum absolute atomic E-state index is 12.2. The fourth-order valence-corrected chi connectivity index (χ4v) is 3.02. The van der Waals surface area contributed by atoms with Gasteiger partial charge in [-0.1, -0.05) is 13.3 Å². The molecule has 1 fully saturated rings. The van der Waals surface area contributed by atoms with Crippen LogP contribution in [0.3, 0.4) is 0 Å². The highest BCUT2D eigenvalue weighted by molar-refractivity contribution is 9.10. The number of nitrogens with zero attached hydrogens (tertiary/aromatic N) is 3. The number of anilines is 1. The number of hydrogen-bond donors (Lipinski definition) is 1. The second-order valence-electron chi connectivity index (χ2n) is 5.88. The van der Waals surface area contributed by atoms with E-state index < -0.39 is 0 Å². The molecule has 21 heavy (non-hydrogen) atoms. The van der Waals surface area contributed by atoms with Crippen LogP contribution in [0.2, 0.25) is 0 Å². The summed E-state index contributed by atoms with van der Waals surface area (Å²) in [5.74, 6) is 0.677. The zero-order chi connectivity index (χ0) is 15.2. The molecule has 1 aliphatic rings. The zero-order valence-electron chi connectivity index (χ0n) is 12.9. The van der Waals surface area contributed by atoms with Gasteiger partial charge < -0.3 is 10.2 Å². The Morgan fingerprint density at radius 3 is 2.81 bits per heavy atom. The third kappa shape index (κ3) is 4.54. The third-order valence-corrected chi connectivity index (χ3v) is 4.89. The van der Waals surface area contributed by atoms with Crippen molar-refractivity contribution in [2.24, 2.45) is 5.92 Å². The summed E-state index contributed by atoms with van der Waals surface area (Å²) in [6, 6.07) is 0. The number of aromatic nitrogens is 2. The van der Waals surface area contributed by atoms with Gasteiger partial charge >= 0.3 is 0 Å². The van der Waals surface area contributed by atoms with Gasteiger partial charge in [-0.3, -0.25) is 4.79 Å². The number of halogens is 1. The molecule has 0 aromatic carbocycles. The molecule has 6 heteroatoms. The highest BCUT2D eigenvalue weighted by Gasteiger charge is 2.17. The van der Waals surface area contributed by atoms with Crippen molar-refractivity contribution in [3.05, 3.63) is 21.0 Å². The van der Waals surface area contributed by atoms with E-state index in [-0.39, 0.29) is 5.56 Å². The molecule has 2 heterocycles. The van der Waals surface area contributed by atoms with Gasteiger partial charge in [0, 0.05) is 13.1 Å². The minimum atomic E-state index is -0.0446. The molecule has 0 radical (unpaired) electrons. The summed E-state index contributed by atoms with van der Waals surface area (Å²) in [7, 11) is 2.17. The molecule has 1 saturated heterocycles. The lowest BCUT2D eigenvalue weighted by molar-refractivity contribution is 0.226. The Kier molecular flexibility index (Phi) is 6.23. The van der Waals surface area contributed by atoms with Crippen LogP contribution < -0.4 is 10.9 Å². The van der Waals surface area contributed by atoms with Crippen LogP contribution in [0.15, 0.2) is 15.5 Å². The highest BCUT2D eigenvalue weighted by Crippen LogP contribution is 2.20. The van der Waals surface area contributed by atoms with Crippen LogP contribution in [0.25, 0.3) is 0 Å². The third-order valence-electron chi connectivity index (χ3n) is 4.13. The van der Waals surface area contributed by atoms with E-state index >= 15 is 0 Å². The van der Waals surface area contributed by atoms with Gasteiger partial charge in [0.1, 0.15) is 4.47 Å². The van der Waals surface area contributed by atoms with Gasteiger partial charge in [0.15, 0.2) is 0 Å². The molecule has 118 valence electrons. The predicted molar refractivity (Wildman–Crippen MR) is 89.8 cm³/mol. The Balaban J connectivity index is 1.94. The maximum atomic E-state index is 12.2. The minimum Gasteiger partial charge on any atom is -0.382 e. The molecule has 5 nitrogen and oxygen atoms in total. The van der Waals surface area contributed by atoms with Crippen molar-refractivity contribution in [1.82, 2.24) is 14.7 Å². The van der Waals surface area contributed by atoms with Crippen LogP contribution in [0.1, 0.15) is 32.6 Å². The maximum Gasteiger partial charge on any atom is 0.283 e. The Morgan fingerprint density at radius 2 is 2.14 bits per heavy atom. The molecular weight excluding hydrogens is 332 g/mol. The molecule has 0 amide bonds. The molecule has 1 aromatic heterocycles. The van der Waals surface area contributed by atoms with Gasteiger partial charge in [-0.25, -0.2) is 4.68 Å². The van der Waals surface area contributed by atoms with Crippen LogP contribution >= 0.6 is 15.9 Å². The quantitative estimate of drug-likeness (QED) is 0.850. The van der Waals surface area contributed by atoms with Crippen LogP contribution in [-0.2, 0) is 6.54 Å². The predicted octanol–water partition coefficient (Wildman–Crippen LogP) is 2.56. The Morgan fingerprint density at radius 1 is 1.43 bits per heavy atom. The Labute approximate surface area is 134 Å². The Hall–Kier alpha value is -0.880. The lowest BCUT2D eigenvalue weighted by atomic mass is 9.97. The largest absolute Gasteiger partial charge is 0.382 e. The van der Waals surface area contributed by atoms with E-state index in [1.165, 1.54) is 17.5 Å². The smallest absolute Gasteiger partial charge is 0.283 e. The van der Waals surface area contributed by atoms with E-state index in [2.05, 4.69) is 45.2 Å². The van der Waals surface area contributed by atoms with E-state index in [4.69, 9.17) is 0 Å². The van der Waals surface area contributed by atoms with E-state index in [0.29, 0.717) is 16.9 Å². The standard InChI is InChI=1S/C15H25BrN4O/c1-3-4-7-20-15(21)14(16)13(11-18-20)17-10-12-5-8-19(2)9-6-12/h11-12,17H,3-10H2,1-2H3. The lowest BCUT2D eigenvalue weighted by Crippen LogP contribution is -2.33. The molecule has 1 aromatic rings. The van der Waals surface area contributed by atoms with Crippen molar-refractivity contribution in [2.45, 2.75) is 39.2 Å². The van der Waals surface area contributed by atoms with Crippen molar-refractivity contribution in [3.63, 3.8) is 0 Å². The SMILES string of the molecule is CCCCn1ncc(NCC2CCN(C)CC2)c(Br)c1=O. The number of likely N-dealkylation sites (tertiary alicyclic amines) is 1. The lowest BCUT2D eigenvalue weighted by Gasteiger charge is -2.29. The summed E-state index contributed by atoms with van der Waals surface area (Å²) in [6.07, 6.45) is 6.21. The van der Waals surface area contributed by atoms with E-state index in [0.717, 1.165) is 38.2 Å².